The Kier molecular flexibility index (Phi) is 3.44. The van der Waals surface area contributed by atoms with Gasteiger partial charge in [-0.15, -0.1) is 0 Å². The van der Waals surface area contributed by atoms with Gasteiger partial charge in [0.15, 0.2) is 0 Å². The average molecular weight is 199 g/mol. The Morgan fingerprint density at radius 3 is 2.29 bits per heavy atom. The molecular weight excluding hydrogens is 186 g/mol. The first-order valence-corrected chi connectivity index (χ1v) is 4.59. The van der Waals surface area contributed by atoms with Gasteiger partial charge in [-0.2, -0.15) is 4.57 Å². The second-order valence-corrected chi connectivity index (χ2v) is 3.05. The third-order valence-electron chi connectivity index (χ3n) is 1.93. The Labute approximate surface area is 79.9 Å². The topological polar surface area (TPSA) is 87.7 Å². The smallest absolute Gasteiger partial charge is 0.274 e. The number of hydrogen-bond donors (Lipinski definition) is 2. The lowest BCUT2D eigenvalue weighted by Gasteiger charge is -1.96. The predicted octanol–water partition coefficient (Wildman–Crippen LogP) is 0.0852. The zero-order valence-corrected chi connectivity index (χ0v) is 8.00. The van der Waals surface area contributed by atoms with Gasteiger partial charge in [0, 0.05) is 6.42 Å². The zero-order chi connectivity index (χ0) is 10.6. The minimum Gasteiger partial charge on any atom is -0.274 e. The second kappa shape index (κ2) is 4.59. The van der Waals surface area contributed by atoms with E-state index in [0.717, 1.165) is 12.8 Å². The summed E-state index contributed by atoms with van der Waals surface area (Å²) in [5.74, 6) is -0.453. The number of nitrogens with zero attached hydrogens (tertiary/aromatic N) is 1. The standard InChI is InChI=1S/C8H13N3O3/c1-2-3-4-5-6(12)11-7(13)9-10-8(11)14/h2-5H2,1H3,(H,9,13)(H,10,14). The molecule has 0 fully saturated rings. The van der Waals surface area contributed by atoms with Crippen LogP contribution in [0.4, 0.5) is 0 Å². The molecule has 0 bridgehead atoms. The summed E-state index contributed by atoms with van der Waals surface area (Å²) in [7, 11) is 0. The first kappa shape index (κ1) is 10.5. The zero-order valence-electron chi connectivity index (χ0n) is 8.00. The molecule has 0 aliphatic heterocycles. The summed E-state index contributed by atoms with van der Waals surface area (Å²) >= 11 is 0. The maximum absolute atomic E-state index is 11.3. The quantitative estimate of drug-likeness (QED) is 0.673. The van der Waals surface area contributed by atoms with E-state index < -0.39 is 17.3 Å². The fraction of sp³-hybridized carbons (Fsp3) is 0.625. The number of H-pyrrole nitrogens is 2. The van der Waals surface area contributed by atoms with Crippen LogP contribution in [0.2, 0.25) is 0 Å². The van der Waals surface area contributed by atoms with Crippen LogP contribution in [0.15, 0.2) is 9.59 Å². The number of aromatic nitrogens is 3. The van der Waals surface area contributed by atoms with Crippen LogP contribution < -0.4 is 11.4 Å². The summed E-state index contributed by atoms with van der Waals surface area (Å²) in [6, 6.07) is 0. The molecule has 78 valence electrons. The van der Waals surface area contributed by atoms with Gasteiger partial charge in [0.05, 0.1) is 0 Å². The van der Waals surface area contributed by atoms with Gasteiger partial charge in [0.25, 0.3) is 0 Å². The number of carbonyl (C=O) groups is 1. The lowest BCUT2D eigenvalue weighted by molar-refractivity contribution is 0.0891. The summed E-state index contributed by atoms with van der Waals surface area (Å²) in [6.45, 7) is 2.01. The Hall–Kier alpha value is -1.59. The van der Waals surface area contributed by atoms with Gasteiger partial charge < -0.3 is 0 Å². The predicted molar refractivity (Wildman–Crippen MR) is 50.4 cm³/mol. The molecular formula is C8H13N3O3. The molecule has 0 spiro atoms. The molecule has 0 saturated carbocycles. The summed E-state index contributed by atoms with van der Waals surface area (Å²) < 4.78 is 0.593. The van der Waals surface area contributed by atoms with Crippen molar-refractivity contribution in [3.63, 3.8) is 0 Å². The van der Waals surface area contributed by atoms with Gasteiger partial charge in [-0.3, -0.25) is 4.79 Å². The maximum atomic E-state index is 11.3. The highest BCUT2D eigenvalue weighted by Gasteiger charge is 2.11. The maximum Gasteiger partial charge on any atom is 0.351 e. The van der Waals surface area contributed by atoms with Crippen LogP contribution in [0.25, 0.3) is 0 Å². The van der Waals surface area contributed by atoms with Crippen LogP contribution in [0.1, 0.15) is 37.4 Å². The fourth-order valence-corrected chi connectivity index (χ4v) is 1.18. The van der Waals surface area contributed by atoms with E-state index in [0.29, 0.717) is 11.0 Å². The molecule has 1 aromatic heterocycles. The molecule has 6 nitrogen and oxygen atoms in total. The van der Waals surface area contributed by atoms with Crippen molar-refractivity contribution in [2.45, 2.75) is 32.6 Å². The summed E-state index contributed by atoms with van der Waals surface area (Å²) in [5, 5.41) is 4.11. The van der Waals surface area contributed by atoms with Crippen LogP contribution in [0.3, 0.4) is 0 Å². The Morgan fingerprint density at radius 2 is 1.79 bits per heavy atom. The van der Waals surface area contributed by atoms with Crippen molar-refractivity contribution in [2.75, 3.05) is 0 Å². The molecule has 0 unspecified atom stereocenters. The first-order chi connectivity index (χ1) is 6.66. The van der Waals surface area contributed by atoms with Crippen LogP contribution in [-0.2, 0) is 0 Å². The molecule has 14 heavy (non-hydrogen) atoms. The highest BCUT2D eigenvalue weighted by atomic mass is 16.2. The van der Waals surface area contributed by atoms with E-state index in [4.69, 9.17) is 0 Å². The van der Waals surface area contributed by atoms with Crippen LogP contribution in [0, 0.1) is 0 Å². The number of rotatable bonds is 4. The molecule has 0 amide bonds. The Bertz CT molecular complexity index is 384. The summed E-state index contributed by atoms with van der Waals surface area (Å²) in [4.78, 5) is 33.3. The molecule has 2 N–H and O–H groups in total. The lowest BCUT2D eigenvalue weighted by Crippen LogP contribution is -2.32. The van der Waals surface area contributed by atoms with Crippen molar-refractivity contribution in [3.8, 4) is 0 Å². The lowest BCUT2D eigenvalue weighted by atomic mass is 10.2. The van der Waals surface area contributed by atoms with Gasteiger partial charge in [0.1, 0.15) is 0 Å². The molecule has 0 aromatic carbocycles. The monoisotopic (exact) mass is 199 g/mol. The third kappa shape index (κ3) is 2.21. The van der Waals surface area contributed by atoms with Crippen molar-refractivity contribution in [3.05, 3.63) is 21.0 Å². The SMILES string of the molecule is CCCCCC(=O)n1c(=O)[nH][nH]c1=O. The van der Waals surface area contributed by atoms with E-state index in [9.17, 15) is 14.4 Å². The van der Waals surface area contributed by atoms with E-state index in [-0.39, 0.29) is 6.42 Å². The van der Waals surface area contributed by atoms with Crippen molar-refractivity contribution in [1.29, 1.82) is 0 Å². The molecule has 0 saturated heterocycles. The van der Waals surface area contributed by atoms with Gasteiger partial charge in [0.2, 0.25) is 5.91 Å². The van der Waals surface area contributed by atoms with Gasteiger partial charge in [-0.25, -0.2) is 19.8 Å². The number of unbranched alkanes of at least 4 members (excludes halogenated alkanes) is 2. The second-order valence-electron chi connectivity index (χ2n) is 3.05. The molecule has 1 rings (SSSR count). The van der Waals surface area contributed by atoms with Crippen molar-refractivity contribution in [1.82, 2.24) is 14.8 Å². The minimum atomic E-state index is -0.698. The van der Waals surface area contributed by atoms with E-state index in [1.165, 1.54) is 0 Å². The largest absolute Gasteiger partial charge is 0.351 e. The highest BCUT2D eigenvalue weighted by molar-refractivity contribution is 5.78. The van der Waals surface area contributed by atoms with E-state index in [1.807, 2.05) is 6.92 Å². The van der Waals surface area contributed by atoms with Crippen molar-refractivity contribution < 1.29 is 4.79 Å². The summed E-state index contributed by atoms with van der Waals surface area (Å²) in [5.41, 5.74) is -1.40. The molecule has 0 radical (unpaired) electrons. The van der Waals surface area contributed by atoms with Gasteiger partial charge >= 0.3 is 11.4 Å². The molecule has 0 atom stereocenters. The Balaban J connectivity index is 2.70. The van der Waals surface area contributed by atoms with E-state index in [2.05, 4.69) is 10.2 Å². The average Bonchev–Trinajstić information content (AvgIpc) is 2.46. The number of nitrogens with one attached hydrogen (secondary N) is 2. The number of carbonyl (C=O) groups excluding carboxylic acids is 1. The van der Waals surface area contributed by atoms with Crippen LogP contribution >= 0.6 is 0 Å². The van der Waals surface area contributed by atoms with Gasteiger partial charge in [-0.1, -0.05) is 19.8 Å². The molecule has 0 aliphatic rings. The van der Waals surface area contributed by atoms with Crippen molar-refractivity contribution >= 4 is 5.91 Å². The van der Waals surface area contributed by atoms with E-state index >= 15 is 0 Å². The van der Waals surface area contributed by atoms with Crippen LogP contribution in [0.5, 0.6) is 0 Å². The first-order valence-electron chi connectivity index (χ1n) is 4.59. The van der Waals surface area contributed by atoms with E-state index in [1.54, 1.807) is 0 Å². The third-order valence-corrected chi connectivity index (χ3v) is 1.93. The molecule has 6 heteroatoms. The number of hydrogen-bond acceptors (Lipinski definition) is 3. The normalized spacial score (nSPS) is 10.4. The number of aromatic amines is 2. The van der Waals surface area contributed by atoms with Crippen LogP contribution in [-0.4, -0.2) is 20.7 Å². The molecule has 1 aromatic rings. The highest BCUT2D eigenvalue weighted by Crippen LogP contribution is 1.99. The fourth-order valence-electron chi connectivity index (χ4n) is 1.18. The molecule has 0 aliphatic carbocycles. The van der Waals surface area contributed by atoms with Crippen molar-refractivity contribution in [2.24, 2.45) is 0 Å². The van der Waals surface area contributed by atoms with Gasteiger partial charge in [-0.05, 0) is 6.42 Å². The Morgan fingerprint density at radius 1 is 1.21 bits per heavy atom. The summed E-state index contributed by atoms with van der Waals surface area (Å²) in [6.07, 6.45) is 2.84. The minimum absolute atomic E-state index is 0.231. The molecule has 1 heterocycles.